The van der Waals surface area contributed by atoms with E-state index in [1.165, 1.54) is 6.42 Å². The van der Waals surface area contributed by atoms with E-state index in [0.29, 0.717) is 23.0 Å². The third kappa shape index (κ3) is 2.74. The molecule has 1 aromatic carbocycles. The van der Waals surface area contributed by atoms with Crippen LogP contribution in [0.1, 0.15) is 36.0 Å². The molecule has 1 aliphatic heterocycles. The van der Waals surface area contributed by atoms with Gasteiger partial charge in [0.15, 0.2) is 0 Å². The molecule has 0 amide bonds. The highest BCUT2D eigenvalue weighted by Crippen LogP contribution is 2.60. The number of halogens is 1. The van der Waals surface area contributed by atoms with Crippen molar-refractivity contribution in [1.82, 2.24) is 0 Å². The Morgan fingerprint density at radius 2 is 2.10 bits per heavy atom. The van der Waals surface area contributed by atoms with Crippen molar-refractivity contribution in [2.24, 2.45) is 11.3 Å². The maximum atomic E-state index is 11.0. The number of carbonyl (C=O) groups is 1. The first kappa shape index (κ1) is 14.7. The van der Waals surface area contributed by atoms with E-state index in [2.05, 4.69) is 4.90 Å². The monoisotopic (exact) mass is 309 g/mol. The van der Waals surface area contributed by atoms with E-state index < -0.39 is 5.97 Å². The first-order valence-electron chi connectivity index (χ1n) is 7.44. The van der Waals surface area contributed by atoms with Gasteiger partial charge in [0.2, 0.25) is 0 Å². The number of anilines is 1. The molecule has 1 spiro atoms. The lowest BCUT2D eigenvalue weighted by Crippen LogP contribution is -2.35. The molecule has 2 fully saturated rings. The predicted molar refractivity (Wildman–Crippen MR) is 82.1 cm³/mol. The van der Waals surface area contributed by atoms with Crippen molar-refractivity contribution in [3.8, 4) is 0 Å². The van der Waals surface area contributed by atoms with Crippen LogP contribution >= 0.6 is 11.6 Å². The van der Waals surface area contributed by atoms with Gasteiger partial charge in [-0.2, -0.15) is 0 Å². The van der Waals surface area contributed by atoms with Gasteiger partial charge in [-0.3, -0.25) is 0 Å². The normalized spacial score (nSPS) is 23.3. The van der Waals surface area contributed by atoms with Crippen LogP contribution in [0.5, 0.6) is 0 Å². The van der Waals surface area contributed by atoms with Gasteiger partial charge in [-0.15, -0.1) is 0 Å². The standard InChI is InChI=1S/C16H20ClNO3/c17-14-9-12(1-2-13(14)15(20)21)18-6-4-16(5-7-18)10-11(16)3-8-19/h1-2,9,11,19H,3-8,10H2,(H,20,21). The van der Waals surface area contributed by atoms with E-state index in [4.69, 9.17) is 21.8 Å². The van der Waals surface area contributed by atoms with Crippen LogP contribution in [-0.4, -0.2) is 35.9 Å². The number of piperidine rings is 1. The lowest BCUT2D eigenvalue weighted by Gasteiger charge is -2.34. The Morgan fingerprint density at radius 1 is 1.38 bits per heavy atom. The second-order valence-electron chi connectivity index (χ2n) is 6.23. The molecule has 1 aliphatic carbocycles. The molecule has 0 radical (unpaired) electrons. The molecular weight excluding hydrogens is 290 g/mol. The molecule has 1 aromatic rings. The molecular formula is C16H20ClNO3. The van der Waals surface area contributed by atoms with Crippen LogP contribution in [0.3, 0.4) is 0 Å². The largest absolute Gasteiger partial charge is 0.478 e. The molecule has 114 valence electrons. The minimum atomic E-state index is -0.992. The SMILES string of the molecule is O=C(O)c1ccc(N2CCC3(CC2)CC3CCO)cc1Cl. The highest BCUT2D eigenvalue weighted by Gasteiger charge is 2.53. The Hall–Kier alpha value is -1.26. The second-order valence-corrected chi connectivity index (χ2v) is 6.64. The molecule has 0 aromatic heterocycles. The quantitative estimate of drug-likeness (QED) is 0.897. The van der Waals surface area contributed by atoms with Crippen molar-refractivity contribution in [1.29, 1.82) is 0 Å². The Balaban J connectivity index is 1.65. The van der Waals surface area contributed by atoms with E-state index in [1.807, 2.05) is 6.07 Å². The van der Waals surface area contributed by atoms with Gasteiger partial charge in [-0.1, -0.05) is 11.6 Å². The zero-order chi connectivity index (χ0) is 15.0. The Morgan fingerprint density at radius 3 is 2.67 bits per heavy atom. The maximum absolute atomic E-state index is 11.0. The molecule has 1 saturated heterocycles. The summed E-state index contributed by atoms with van der Waals surface area (Å²) in [5.41, 5.74) is 1.61. The predicted octanol–water partition coefficient (Wildman–Crippen LogP) is 3.03. The lowest BCUT2D eigenvalue weighted by atomic mass is 9.90. The molecule has 1 heterocycles. The zero-order valence-electron chi connectivity index (χ0n) is 11.9. The van der Waals surface area contributed by atoms with Gasteiger partial charge in [0.25, 0.3) is 0 Å². The summed E-state index contributed by atoms with van der Waals surface area (Å²) < 4.78 is 0. The van der Waals surface area contributed by atoms with Crippen LogP contribution in [0, 0.1) is 11.3 Å². The number of rotatable bonds is 4. The highest BCUT2D eigenvalue weighted by molar-refractivity contribution is 6.33. The number of nitrogens with zero attached hydrogens (tertiary/aromatic N) is 1. The first-order valence-corrected chi connectivity index (χ1v) is 7.82. The average Bonchev–Trinajstić information content (AvgIpc) is 3.11. The Kier molecular flexibility index (Phi) is 3.84. The van der Waals surface area contributed by atoms with Crippen LogP contribution in [0.15, 0.2) is 18.2 Å². The van der Waals surface area contributed by atoms with E-state index >= 15 is 0 Å². The van der Waals surface area contributed by atoms with E-state index in [9.17, 15) is 4.79 Å². The molecule has 21 heavy (non-hydrogen) atoms. The van der Waals surface area contributed by atoms with Crippen molar-refractivity contribution in [2.45, 2.75) is 25.7 Å². The number of hydrogen-bond donors (Lipinski definition) is 2. The van der Waals surface area contributed by atoms with Gasteiger partial charge in [-0.05, 0) is 55.2 Å². The number of hydrogen-bond acceptors (Lipinski definition) is 3. The van der Waals surface area contributed by atoms with Gasteiger partial charge in [0.05, 0.1) is 10.6 Å². The summed E-state index contributed by atoms with van der Waals surface area (Å²) in [6, 6.07) is 5.17. The Bertz CT molecular complexity index is 552. The third-order valence-electron chi connectivity index (χ3n) is 5.14. The van der Waals surface area contributed by atoms with Crippen molar-refractivity contribution < 1.29 is 15.0 Å². The Labute approximate surface area is 129 Å². The van der Waals surface area contributed by atoms with Crippen molar-refractivity contribution in [2.75, 3.05) is 24.6 Å². The number of carboxylic acid groups (broad SMARTS) is 1. The topological polar surface area (TPSA) is 60.8 Å². The summed E-state index contributed by atoms with van der Waals surface area (Å²) in [6.45, 7) is 2.25. The summed E-state index contributed by atoms with van der Waals surface area (Å²) in [4.78, 5) is 13.3. The molecule has 2 N–H and O–H groups in total. The van der Waals surface area contributed by atoms with E-state index in [1.54, 1.807) is 12.1 Å². The average molecular weight is 310 g/mol. The number of carboxylic acids is 1. The van der Waals surface area contributed by atoms with E-state index in [-0.39, 0.29) is 5.56 Å². The molecule has 4 nitrogen and oxygen atoms in total. The van der Waals surface area contributed by atoms with E-state index in [0.717, 1.165) is 38.0 Å². The summed E-state index contributed by atoms with van der Waals surface area (Å²) in [7, 11) is 0. The number of aromatic carboxylic acids is 1. The molecule has 5 heteroatoms. The minimum Gasteiger partial charge on any atom is -0.478 e. The maximum Gasteiger partial charge on any atom is 0.337 e. The zero-order valence-corrected chi connectivity index (χ0v) is 12.6. The molecule has 3 rings (SSSR count). The van der Waals surface area contributed by atoms with Crippen LogP contribution < -0.4 is 4.90 Å². The minimum absolute atomic E-state index is 0.152. The molecule has 2 aliphatic rings. The molecule has 0 bridgehead atoms. The second kappa shape index (κ2) is 5.50. The molecule has 1 unspecified atom stereocenters. The number of aliphatic hydroxyl groups is 1. The molecule has 1 atom stereocenters. The number of aliphatic hydroxyl groups excluding tert-OH is 1. The van der Waals surface area contributed by atoms with Gasteiger partial charge < -0.3 is 15.1 Å². The van der Waals surface area contributed by atoms with Crippen molar-refractivity contribution in [3.63, 3.8) is 0 Å². The van der Waals surface area contributed by atoms with Crippen LogP contribution in [0.2, 0.25) is 5.02 Å². The van der Waals surface area contributed by atoms with Gasteiger partial charge in [0.1, 0.15) is 0 Å². The van der Waals surface area contributed by atoms with Crippen LogP contribution in [0.4, 0.5) is 5.69 Å². The lowest BCUT2D eigenvalue weighted by molar-refractivity contribution is 0.0697. The summed E-state index contributed by atoms with van der Waals surface area (Å²) in [5, 5.41) is 18.4. The first-order chi connectivity index (χ1) is 10.1. The fourth-order valence-corrected chi connectivity index (χ4v) is 3.95. The van der Waals surface area contributed by atoms with Crippen molar-refractivity contribution in [3.05, 3.63) is 28.8 Å². The highest BCUT2D eigenvalue weighted by atomic mass is 35.5. The fraction of sp³-hybridized carbons (Fsp3) is 0.562. The summed E-state index contributed by atoms with van der Waals surface area (Å²) in [6.07, 6.45) is 4.48. The van der Waals surface area contributed by atoms with Crippen molar-refractivity contribution >= 4 is 23.3 Å². The van der Waals surface area contributed by atoms with Crippen LogP contribution in [0.25, 0.3) is 0 Å². The molecule has 1 saturated carbocycles. The summed E-state index contributed by atoms with van der Waals surface area (Å²) in [5.74, 6) is -0.295. The van der Waals surface area contributed by atoms with Gasteiger partial charge >= 0.3 is 5.97 Å². The van der Waals surface area contributed by atoms with Gasteiger partial charge in [0, 0.05) is 25.4 Å². The number of benzene rings is 1. The van der Waals surface area contributed by atoms with Crippen LogP contribution in [-0.2, 0) is 0 Å². The smallest absolute Gasteiger partial charge is 0.337 e. The van der Waals surface area contributed by atoms with Gasteiger partial charge in [-0.25, -0.2) is 4.79 Å². The fourth-order valence-electron chi connectivity index (χ4n) is 3.69. The third-order valence-corrected chi connectivity index (χ3v) is 5.46. The summed E-state index contributed by atoms with van der Waals surface area (Å²) >= 11 is 6.04.